The van der Waals surface area contributed by atoms with Crippen molar-refractivity contribution in [3.63, 3.8) is 0 Å². The molecule has 1 aliphatic rings. The van der Waals surface area contributed by atoms with Crippen molar-refractivity contribution in [3.05, 3.63) is 34.9 Å². The number of aryl methyl sites for hydroxylation is 1. The van der Waals surface area contributed by atoms with Gasteiger partial charge in [-0.2, -0.15) is 5.10 Å². The molecular weight excluding hydrogens is 328 g/mol. The monoisotopic (exact) mass is 348 g/mol. The van der Waals surface area contributed by atoms with E-state index >= 15 is 0 Å². The molecule has 1 aliphatic heterocycles. The molecule has 0 saturated heterocycles. The minimum Gasteiger partial charge on any atom is -0.444 e. The van der Waals surface area contributed by atoms with E-state index in [1.807, 2.05) is 33.8 Å². The van der Waals surface area contributed by atoms with E-state index in [1.54, 1.807) is 21.8 Å². The van der Waals surface area contributed by atoms with Gasteiger partial charge in [0.1, 0.15) is 10.8 Å². The van der Waals surface area contributed by atoms with Crippen LogP contribution >= 0.6 is 11.6 Å². The number of ether oxygens (including phenoxy) is 1. The van der Waals surface area contributed by atoms with Gasteiger partial charge in [-0.15, -0.1) is 0 Å². The van der Waals surface area contributed by atoms with Crippen molar-refractivity contribution >= 4 is 28.8 Å². The van der Waals surface area contributed by atoms with Crippen LogP contribution in [0.2, 0.25) is 5.15 Å². The molecule has 0 aromatic carbocycles. The Labute approximate surface area is 146 Å². The SMILES string of the molecule is Cc1cnn2cc(Cl)nc(C3=CCN(C(=O)OC(C)(C)C)CC3)c12. The van der Waals surface area contributed by atoms with Crippen molar-refractivity contribution in [3.8, 4) is 0 Å². The van der Waals surface area contributed by atoms with Gasteiger partial charge in [0.25, 0.3) is 0 Å². The molecule has 6 nitrogen and oxygen atoms in total. The summed E-state index contributed by atoms with van der Waals surface area (Å²) in [5.41, 5.74) is 3.42. The van der Waals surface area contributed by atoms with Crippen LogP contribution in [0.3, 0.4) is 0 Å². The lowest BCUT2D eigenvalue weighted by atomic mass is 10.0. The van der Waals surface area contributed by atoms with Crippen LogP contribution in [0.5, 0.6) is 0 Å². The topological polar surface area (TPSA) is 59.7 Å². The highest BCUT2D eigenvalue weighted by atomic mass is 35.5. The van der Waals surface area contributed by atoms with Gasteiger partial charge in [0.05, 0.1) is 23.6 Å². The van der Waals surface area contributed by atoms with Gasteiger partial charge in [-0.1, -0.05) is 17.7 Å². The number of amides is 1. The summed E-state index contributed by atoms with van der Waals surface area (Å²) in [6, 6.07) is 0. The van der Waals surface area contributed by atoms with E-state index in [0.29, 0.717) is 24.7 Å². The van der Waals surface area contributed by atoms with Gasteiger partial charge in [0.2, 0.25) is 0 Å². The Bertz CT molecular complexity index is 820. The third kappa shape index (κ3) is 3.38. The van der Waals surface area contributed by atoms with Gasteiger partial charge >= 0.3 is 6.09 Å². The largest absolute Gasteiger partial charge is 0.444 e. The van der Waals surface area contributed by atoms with E-state index in [2.05, 4.69) is 10.1 Å². The summed E-state index contributed by atoms with van der Waals surface area (Å²) in [7, 11) is 0. The van der Waals surface area contributed by atoms with Crippen molar-refractivity contribution in [1.29, 1.82) is 0 Å². The molecule has 0 aliphatic carbocycles. The van der Waals surface area contributed by atoms with Crippen LogP contribution < -0.4 is 0 Å². The maximum absolute atomic E-state index is 12.2. The summed E-state index contributed by atoms with van der Waals surface area (Å²) >= 11 is 6.12. The molecule has 7 heteroatoms. The molecule has 3 heterocycles. The van der Waals surface area contributed by atoms with E-state index in [-0.39, 0.29) is 6.09 Å². The Morgan fingerprint density at radius 3 is 2.75 bits per heavy atom. The van der Waals surface area contributed by atoms with E-state index in [1.165, 1.54) is 0 Å². The molecule has 1 amide bonds. The second-order valence-electron chi connectivity index (χ2n) is 6.94. The first-order valence-corrected chi connectivity index (χ1v) is 8.30. The third-order valence-corrected chi connectivity index (χ3v) is 4.00. The molecule has 0 fully saturated rings. The summed E-state index contributed by atoms with van der Waals surface area (Å²) < 4.78 is 7.17. The second-order valence-corrected chi connectivity index (χ2v) is 7.33. The Morgan fingerprint density at radius 2 is 2.12 bits per heavy atom. The molecule has 0 N–H and O–H groups in total. The lowest BCUT2D eigenvalue weighted by Gasteiger charge is -2.29. The van der Waals surface area contributed by atoms with Crippen molar-refractivity contribution < 1.29 is 9.53 Å². The molecule has 0 saturated carbocycles. The molecule has 24 heavy (non-hydrogen) atoms. The van der Waals surface area contributed by atoms with Crippen LogP contribution in [0.1, 0.15) is 38.4 Å². The van der Waals surface area contributed by atoms with Gasteiger partial charge in [0.15, 0.2) is 0 Å². The summed E-state index contributed by atoms with van der Waals surface area (Å²) in [6.07, 6.45) is 5.92. The average Bonchev–Trinajstić information content (AvgIpc) is 2.86. The summed E-state index contributed by atoms with van der Waals surface area (Å²) in [5.74, 6) is 0. The maximum atomic E-state index is 12.2. The first-order chi connectivity index (χ1) is 11.2. The molecule has 2 aromatic heterocycles. The Hall–Kier alpha value is -2.08. The smallest absolute Gasteiger partial charge is 0.410 e. The van der Waals surface area contributed by atoms with Crippen molar-refractivity contribution in [2.45, 2.75) is 39.7 Å². The van der Waals surface area contributed by atoms with Gasteiger partial charge in [0, 0.05) is 13.1 Å². The number of nitrogens with zero attached hydrogens (tertiary/aromatic N) is 4. The fourth-order valence-electron chi connectivity index (χ4n) is 2.73. The van der Waals surface area contributed by atoms with E-state index in [9.17, 15) is 4.79 Å². The minimum absolute atomic E-state index is 0.289. The van der Waals surface area contributed by atoms with Crippen LogP contribution in [0.15, 0.2) is 18.5 Å². The molecule has 0 bridgehead atoms. The number of carbonyl (C=O) groups excluding carboxylic acids is 1. The molecular formula is C17H21ClN4O2. The highest BCUT2D eigenvalue weighted by molar-refractivity contribution is 6.29. The summed E-state index contributed by atoms with van der Waals surface area (Å²) in [4.78, 5) is 18.3. The number of carbonyl (C=O) groups is 1. The third-order valence-electron chi connectivity index (χ3n) is 3.82. The molecule has 2 aromatic rings. The van der Waals surface area contributed by atoms with E-state index in [4.69, 9.17) is 16.3 Å². The Kier molecular flexibility index (Phi) is 4.25. The predicted molar refractivity (Wildman–Crippen MR) is 93.1 cm³/mol. The van der Waals surface area contributed by atoms with Gasteiger partial charge in [-0.25, -0.2) is 14.3 Å². The lowest BCUT2D eigenvalue weighted by molar-refractivity contribution is 0.0270. The van der Waals surface area contributed by atoms with Crippen LogP contribution in [0, 0.1) is 6.92 Å². The number of hydrogen-bond acceptors (Lipinski definition) is 4. The average molecular weight is 349 g/mol. The fourth-order valence-corrected chi connectivity index (χ4v) is 2.91. The first kappa shape index (κ1) is 16.8. The maximum Gasteiger partial charge on any atom is 0.410 e. The number of rotatable bonds is 1. The molecule has 0 unspecified atom stereocenters. The standard InChI is InChI=1S/C17H21ClN4O2/c1-11-9-19-22-10-13(18)20-14(15(11)22)12-5-7-21(8-6-12)16(23)24-17(2,3)4/h5,9-10H,6-8H2,1-4H3. The quantitative estimate of drug-likeness (QED) is 0.788. The highest BCUT2D eigenvalue weighted by Crippen LogP contribution is 2.28. The summed E-state index contributed by atoms with van der Waals surface area (Å²) in [6.45, 7) is 8.69. The van der Waals surface area contributed by atoms with Crippen molar-refractivity contribution in [2.75, 3.05) is 13.1 Å². The Morgan fingerprint density at radius 1 is 1.38 bits per heavy atom. The number of aromatic nitrogens is 3. The molecule has 0 radical (unpaired) electrons. The van der Waals surface area contributed by atoms with Gasteiger partial charge in [-0.3, -0.25) is 0 Å². The molecule has 0 spiro atoms. The highest BCUT2D eigenvalue weighted by Gasteiger charge is 2.25. The minimum atomic E-state index is -0.490. The number of fused-ring (bicyclic) bond motifs is 1. The first-order valence-electron chi connectivity index (χ1n) is 7.92. The van der Waals surface area contributed by atoms with Crippen molar-refractivity contribution in [1.82, 2.24) is 19.5 Å². The normalized spacial score (nSPS) is 15.5. The van der Waals surface area contributed by atoms with Gasteiger partial charge < -0.3 is 9.64 Å². The molecule has 3 rings (SSSR count). The second kappa shape index (κ2) is 6.09. The van der Waals surface area contributed by atoms with Gasteiger partial charge in [-0.05, 0) is 45.3 Å². The lowest BCUT2D eigenvalue weighted by Crippen LogP contribution is -2.39. The zero-order chi connectivity index (χ0) is 17.5. The van der Waals surface area contributed by atoms with Crippen LogP contribution in [-0.4, -0.2) is 44.3 Å². The molecule has 0 atom stereocenters. The van der Waals surface area contributed by atoms with Crippen molar-refractivity contribution in [2.24, 2.45) is 0 Å². The predicted octanol–water partition coefficient (Wildman–Crippen LogP) is 3.72. The number of halogens is 1. The van der Waals surface area contributed by atoms with E-state index < -0.39 is 5.60 Å². The summed E-state index contributed by atoms with van der Waals surface area (Å²) in [5, 5.41) is 4.70. The zero-order valence-corrected chi connectivity index (χ0v) is 15.1. The fraction of sp³-hybridized carbons (Fsp3) is 0.471. The Balaban J connectivity index is 1.86. The van der Waals surface area contributed by atoms with Crippen LogP contribution in [-0.2, 0) is 4.74 Å². The van der Waals surface area contributed by atoms with E-state index in [0.717, 1.165) is 22.3 Å². The molecule has 128 valence electrons. The van der Waals surface area contributed by atoms with Crippen LogP contribution in [0.25, 0.3) is 11.1 Å². The zero-order valence-electron chi connectivity index (χ0n) is 14.3. The van der Waals surface area contributed by atoms with Crippen LogP contribution in [0.4, 0.5) is 4.79 Å². The number of hydrogen-bond donors (Lipinski definition) is 0.